The minimum absolute atomic E-state index is 0.416. The molecular weight excluding hydrogens is 451 g/mol. The van der Waals surface area contributed by atoms with Gasteiger partial charge in [-0.25, -0.2) is 0 Å². The molecule has 0 aliphatic rings. The van der Waals surface area contributed by atoms with Crippen LogP contribution in [0.2, 0.25) is 10.0 Å². The fourth-order valence-corrected chi connectivity index (χ4v) is 3.61. The van der Waals surface area contributed by atoms with Crippen LogP contribution in [0.15, 0.2) is 66.9 Å². The summed E-state index contributed by atoms with van der Waals surface area (Å²) in [5, 5.41) is 17.1. The highest BCUT2D eigenvalue weighted by atomic mass is 35.5. The predicted molar refractivity (Wildman–Crippen MR) is 130 cm³/mol. The third kappa shape index (κ3) is 5.64. The topological polar surface area (TPSA) is 59.7 Å². The molecule has 6 nitrogen and oxygen atoms in total. The molecular formula is C22H20Cl2N6S. The monoisotopic (exact) mass is 470 g/mol. The highest BCUT2D eigenvalue weighted by Gasteiger charge is 2.09. The first-order valence-electron chi connectivity index (χ1n) is 9.60. The highest BCUT2D eigenvalue weighted by molar-refractivity contribution is 7.80. The van der Waals surface area contributed by atoms with Gasteiger partial charge in [0.25, 0.3) is 0 Å². The second kappa shape index (κ2) is 9.51. The van der Waals surface area contributed by atoms with Crippen LogP contribution in [0.3, 0.4) is 0 Å². The molecule has 2 N–H and O–H groups in total. The van der Waals surface area contributed by atoms with Crippen molar-refractivity contribution < 1.29 is 0 Å². The molecule has 4 rings (SSSR count). The van der Waals surface area contributed by atoms with E-state index >= 15 is 0 Å². The summed E-state index contributed by atoms with van der Waals surface area (Å²) in [5.74, 6) is 1.31. The summed E-state index contributed by atoms with van der Waals surface area (Å²) in [6.45, 7) is 3.22. The van der Waals surface area contributed by atoms with Gasteiger partial charge in [0.05, 0.1) is 13.1 Å². The standard InChI is InChI=1S/C22H20Cl2N6S/c1-15-12-21(28-30(15)14-17-4-2-3-5-19(17)24)26-22(31)25-20-10-11-29(27-20)13-16-6-8-18(23)9-7-16/h2-12H,13-14H2,1H3,(H2,25,26,27,28,31). The number of aryl methyl sites for hydroxylation is 1. The molecule has 0 saturated heterocycles. The molecule has 0 fully saturated rings. The zero-order chi connectivity index (χ0) is 21.8. The van der Waals surface area contributed by atoms with Gasteiger partial charge in [-0.15, -0.1) is 0 Å². The van der Waals surface area contributed by atoms with Crippen molar-refractivity contribution in [3.8, 4) is 0 Å². The van der Waals surface area contributed by atoms with E-state index in [2.05, 4.69) is 20.8 Å². The molecule has 0 atom stereocenters. The molecule has 0 saturated carbocycles. The van der Waals surface area contributed by atoms with Gasteiger partial charge in [-0.3, -0.25) is 9.36 Å². The van der Waals surface area contributed by atoms with Gasteiger partial charge >= 0.3 is 0 Å². The largest absolute Gasteiger partial charge is 0.316 e. The molecule has 0 amide bonds. The van der Waals surface area contributed by atoms with E-state index in [9.17, 15) is 0 Å². The van der Waals surface area contributed by atoms with Gasteiger partial charge < -0.3 is 10.6 Å². The van der Waals surface area contributed by atoms with Crippen molar-refractivity contribution in [2.24, 2.45) is 0 Å². The Morgan fingerprint density at radius 1 is 0.935 bits per heavy atom. The maximum Gasteiger partial charge on any atom is 0.177 e. The molecule has 2 aromatic heterocycles. The van der Waals surface area contributed by atoms with E-state index in [1.165, 1.54) is 0 Å². The van der Waals surface area contributed by atoms with Gasteiger partial charge in [-0.2, -0.15) is 10.2 Å². The predicted octanol–water partition coefficient (Wildman–Crippen LogP) is 5.60. The number of thiocarbonyl (C=S) groups is 1. The number of halogens is 2. The fraction of sp³-hybridized carbons (Fsp3) is 0.136. The van der Waals surface area contributed by atoms with Crippen LogP contribution >= 0.6 is 35.4 Å². The molecule has 0 spiro atoms. The van der Waals surface area contributed by atoms with E-state index < -0.39 is 0 Å². The van der Waals surface area contributed by atoms with Gasteiger partial charge in [0, 0.05) is 34.1 Å². The lowest BCUT2D eigenvalue weighted by atomic mass is 10.2. The van der Waals surface area contributed by atoms with E-state index in [0.717, 1.165) is 21.8 Å². The summed E-state index contributed by atoms with van der Waals surface area (Å²) >= 11 is 17.6. The third-order valence-electron chi connectivity index (χ3n) is 4.64. The number of anilines is 2. The minimum atomic E-state index is 0.416. The van der Waals surface area contributed by atoms with Gasteiger partial charge in [-0.05, 0) is 48.5 Å². The van der Waals surface area contributed by atoms with Gasteiger partial charge in [-0.1, -0.05) is 53.5 Å². The summed E-state index contributed by atoms with van der Waals surface area (Å²) in [7, 11) is 0. The molecule has 0 bridgehead atoms. The normalized spacial score (nSPS) is 10.8. The number of nitrogens with one attached hydrogen (secondary N) is 2. The zero-order valence-electron chi connectivity index (χ0n) is 16.7. The molecule has 0 radical (unpaired) electrons. The second-order valence-electron chi connectivity index (χ2n) is 7.02. The molecule has 4 aromatic rings. The van der Waals surface area contributed by atoms with Gasteiger partial charge in [0.1, 0.15) is 0 Å². The van der Waals surface area contributed by atoms with Crippen molar-refractivity contribution in [1.82, 2.24) is 19.6 Å². The molecule has 31 heavy (non-hydrogen) atoms. The van der Waals surface area contributed by atoms with E-state index in [1.807, 2.05) is 83.1 Å². The summed E-state index contributed by atoms with van der Waals surface area (Å²) in [6, 6.07) is 19.2. The van der Waals surface area contributed by atoms with Crippen LogP contribution in [0.25, 0.3) is 0 Å². The Balaban J connectivity index is 1.35. The number of benzene rings is 2. The molecule has 2 aromatic carbocycles. The van der Waals surface area contributed by atoms with Crippen LogP contribution in [0.5, 0.6) is 0 Å². The summed E-state index contributed by atoms with van der Waals surface area (Å²) in [4.78, 5) is 0. The highest BCUT2D eigenvalue weighted by Crippen LogP contribution is 2.18. The lowest BCUT2D eigenvalue weighted by Crippen LogP contribution is -2.20. The zero-order valence-corrected chi connectivity index (χ0v) is 19.0. The minimum Gasteiger partial charge on any atom is -0.316 e. The Hall–Kier alpha value is -2.87. The first kappa shape index (κ1) is 21.4. The van der Waals surface area contributed by atoms with Crippen molar-refractivity contribution in [2.75, 3.05) is 10.6 Å². The van der Waals surface area contributed by atoms with E-state index in [0.29, 0.717) is 34.9 Å². The van der Waals surface area contributed by atoms with Crippen molar-refractivity contribution in [2.45, 2.75) is 20.0 Å². The quantitative estimate of drug-likeness (QED) is 0.359. The third-order valence-corrected chi connectivity index (χ3v) is 5.47. The molecule has 0 aliphatic heterocycles. The van der Waals surface area contributed by atoms with E-state index in [-0.39, 0.29) is 0 Å². The average Bonchev–Trinajstić information content (AvgIpc) is 3.31. The Kier molecular flexibility index (Phi) is 6.56. The van der Waals surface area contributed by atoms with Crippen molar-refractivity contribution in [1.29, 1.82) is 0 Å². The number of aromatic nitrogens is 4. The Morgan fingerprint density at radius 2 is 1.68 bits per heavy atom. The smallest absolute Gasteiger partial charge is 0.177 e. The Morgan fingerprint density at radius 3 is 2.45 bits per heavy atom. The SMILES string of the molecule is Cc1cc(NC(=S)Nc2ccn(Cc3ccc(Cl)cc3)n2)nn1Cc1ccccc1Cl. The van der Waals surface area contributed by atoms with Crippen molar-refractivity contribution >= 4 is 52.2 Å². The van der Waals surface area contributed by atoms with Crippen molar-refractivity contribution in [3.05, 3.63) is 93.7 Å². The first-order valence-corrected chi connectivity index (χ1v) is 10.8. The van der Waals surface area contributed by atoms with Crippen LogP contribution in [-0.4, -0.2) is 24.7 Å². The summed E-state index contributed by atoms with van der Waals surface area (Å²) in [6.07, 6.45) is 1.89. The van der Waals surface area contributed by atoms with E-state index in [1.54, 1.807) is 0 Å². The second-order valence-corrected chi connectivity index (χ2v) is 8.28. The number of hydrogen-bond donors (Lipinski definition) is 2. The van der Waals surface area contributed by atoms with Crippen LogP contribution in [0.4, 0.5) is 11.6 Å². The summed E-state index contributed by atoms with van der Waals surface area (Å²) in [5.41, 5.74) is 3.12. The number of hydrogen-bond acceptors (Lipinski definition) is 3. The first-order chi connectivity index (χ1) is 15.0. The number of rotatable bonds is 6. The fourth-order valence-electron chi connectivity index (χ4n) is 3.08. The maximum atomic E-state index is 6.27. The van der Waals surface area contributed by atoms with Crippen LogP contribution in [0, 0.1) is 6.92 Å². The van der Waals surface area contributed by atoms with Crippen LogP contribution < -0.4 is 10.6 Å². The molecule has 158 valence electrons. The van der Waals surface area contributed by atoms with Crippen molar-refractivity contribution in [3.63, 3.8) is 0 Å². The van der Waals surface area contributed by atoms with Gasteiger partial charge in [0.15, 0.2) is 16.7 Å². The molecule has 0 aliphatic carbocycles. The van der Waals surface area contributed by atoms with E-state index in [4.69, 9.17) is 35.4 Å². The summed E-state index contributed by atoms with van der Waals surface area (Å²) < 4.78 is 3.71. The maximum absolute atomic E-state index is 6.27. The van der Waals surface area contributed by atoms with Gasteiger partial charge in [0.2, 0.25) is 0 Å². The lowest BCUT2D eigenvalue weighted by molar-refractivity contribution is 0.668. The Labute approximate surface area is 195 Å². The van der Waals surface area contributed by atoms with Crippen LogP contribution in [-0.2, 0) is 13.1 Å². The molecule has 2 heterocycles. The van der Waals surface area contributed by atoms with Crippen LogP contribution in [0.1, 0.15) is 16.8 Å². The molecule has 0 unspecified atom stereocenters. The number of nitrogens with zero attached hydrogens (tertiary/aromatic N) is 4. The average molecular weight is 471 g/mol. The molecule has 9 heteroatoms. The lowest BCUT2D eigenvalue weighted by Gasteiger charge is -2.07. The Bertz CT molecular complexity index is 1200.